The Bertz CT molecular complexity index is 1070. The highest BCUT2D eigenvalue weighted by atomic mass is 79.9. The minimum Gasteiger partial charge on any atom is -0.311 e. The number of fused-ring (bicyclic) bond motifs is 1. The summed E-state index contributed by atoms with van der Waals surface area (Å²) in [6, 6.07) is 8.56. The van der Waals surface area contributed by atoms with Crippen molar-refractivity contribution in [1.29, 1.82) is 0 Å². The van der Waals surface area contributed by atoms with E-state index in [2.05, 4.69) is 26.2 Å². The summed E-state index contributed by atoms with van der Waals surface area (Å²) >= 11 is 3.36. The molecule has 29 heavy (non-hydrogen) atoms. The van der Waals surface area contributed by atoms with Gasteiger partial charge >= 0.3 is 0 Å². The van der Waals surface area contributed by atoms with Gasteiger partial charge in [0.1, 0.15) is 5.82 Å². The predicted molar refractivity (Wildman–Crippen MR) is 115 cm³/mol. The molecule has 0 atom stereocenters. The maximum atomic E-state index is 13.1. The largest absolute Gasteiger partial charge is 0.311 e. The first-order valence-corrected chi connectivity index (χ1v) is 11.7. The Morgan fingerprint density at radius 2 is 2.03 bits per heavy atom. The summed E-state index contributed by atoms with van der Waals surface area (Å²) in [5, 5.41) is 2.62. The fourth-order valence-electron chi connectivity index (χ4n) is 3.30. The average Bonchev–Trinajstić information content (AvgIpc) is 3.08. The topological polar surface area (TPSA) is 96.4 Å². The summed E-state index contributed by atoms with van der Waals surface area (Å²) in [6.45, 7) is 4.01. The zero-order valence-electron chi connectivity index (χ0n) is 16.2. The van der Waals surface area contributed by atoms with E-state index < -0.39 is 15.7 Å². The first kappa shape index (κ1) is 21.4. The van der Waals surface area contributed by atoms with Gasteiger partial charge in [0.25, 0.3) is 0 Å². The molecular weight excluding hydrogens is 458 g/mol. The third kappa shape index (κ3) is 4.84. The van der Waals surface area contributed by atoms with Crippen LogP contribution in [0.3, 0.4) is 0 Å². The summed E-state index contributed by atoms with van der Waals surface area (Å²) in [5.74, 6) is -0.525. The number of aromatic nitrogens is 1. The molecule has 1 aromatic heterocycles. The molecule has 0 saturated heterocycles. The van der Waals surface area contributed by atoms with E-state index in [-0.39, 0.29) is 23.0 Å². The van der Waals surface area contributed by atoms with Crippen molar-refractivity contribution in [2.24, 2.45) is 0 Å². The van der Waals surface area contributed by atoms with Crippen molar-refractivity contribution in [2.45, 2.75) is 38.0 Å². The first-order chi connectivity index (χ1) is 13.7. The van der Waals surface area contributed by atoms with Gasteiger partial charge in [0.2, 0.25) is 11.8 Å². The number of sulfone groups is 1. The molecular formula is C20H22BrN3O4S. The predicted octanol–water partition coefficient (Wildman–Crippen LogP) is 3.25. The number of aryl methyl sites for hydroxylation is 1. The number of pyridine rings is 1. The number of nitrogens with one attached hydrogen (secondary N) is 1. The number of carbonyl (C=O) groups is 2. The molecule has 1 aliphatic rings. The number of anilines is 2. The monoisotopic (exact) mass is 479 g/mol. The van der Waals surface area contributed by atoms with Gasteiger partial charge in [-0.15, -0.1) is 0 Å². The molecule has 3 rings (SSSR count). The molecule has 0 unspecified atom stereocenters. The van der Waals surface area contributed by atoms with Crippen LogP contribution in [0, 0.1) is 6.92 Å². The highest BCUT2D eigenvalue weighted by Crippen LogP contribution is 2.38. The average molecular weight is 480 g/mol. The molecule has 9 heteroatoms. The van der Waals surface area contributed by atoms with Crippen LogP contribution in [0.15, 0.2) is 39.7 Å². The number of amides is 2. The van der Waals surface area contributed by atoms with Crippen LogP contribution in [0.1, 0.15) is 31.0 Å². The van der Waals surface area contributed by atoms with Crippen molar-refractivity contribution in [1.82, 2.24) is 4.98 Å². The quantitative estimate of drug-likeness (QED) is 0.685. The van der Waals surface area contributed by atoms with Gasteiger partial charge in [-0.3, -0.25) is 9.59 Å². The van der Waals surface area contributed by atoms with Crippen LogP contribution in [0.25, 0.3) is 0 Å². The van der Waals surface area contributed by atoms with E-state index in [1.54, 1.807) is 32.0 Å². The van der Waals surface area contributed by atoms with E-state index in [1.165, 1.54) is 11.0 Å². The molecule has 1 N–H and O–H groups in total. The lowest BCUT2D eigenvalue weighted by Crippen LogP contribution is -2.29. The van der Waals surface area contributed by atoms with E-state index in [0.29, 0.717) is 35.4 Å². The van der Waals surface area contributed by atoms with Crippen molar-refractivity contribution in [3.8, 4) is 0 Å². The van der Waals surface area contributed by atoms with Crippen LogP contribution in [0.2, 0.25) is 0 Å². The Balaban J connectivity index is 1.81. The number of hydrogen-bond acceptors (Lipinski definition) is 5. The Kier molecular flexibility index (Phi) is 6.38. The third-order valence-electron chi connectivity index (χ3n) is 4.69. The van der Waals surface area contributed by atoms with E-state index >= 15 is 0 Å². The van der Waals surface area contributed by atoms with Crippen LogP contribution in [-0.4, -0.2) is 37.5 Å². The van der Waals surface area contributed by atoms with Crippen molar-refractivity contribution in [2.75, 3.05) is 22.5 Å². The molecule has 0 fully saturated rings. The van der Waals surface area contributed by atoms with Gasteiger partial charge in [-0.25, -0.2) is 13.4 Å². The molecule has 0 bridgehead atoms. The smallest absolute Gasteiger partial charge is 0.226 e. The zero-order chi connectivity index (χ0) is 21.2. The lowest BCUT2D eigenvalue weighted by Gasteiger charge is -2.20. The molecule has 2 amide bonds. The molecule has 1 aliphatic heterocycles. The van der Waals surface area contributed by atoms with Gasteiger partial charge in [-0.1, -0.05) is 28.9 Å². The normalized spacial score (nSPS) is 13.3. The van der Waals surface area contributed by atoms with Gasteiger partial charge in [0.05, 0.1) is 16.3 Å². The molecule has 1 aromatic carbocycles. The second-order valence-corrected chi connectivity index (χ2v) is 9.84. The van der Waals surface area contributed by atoms with Gasteiger partial charge in [-0.05, 0) is 43.2 Å². The molecule has 7 nitrogen and oxygen atoms in total. The Morgan fingerprint density at radius 1 is 1.28 bits per heavy atom. The number of benzene rings is 1. The maximum absolute atomic E-state index is 13.1. The van der Waals surface area contributed by atoms with Crippen LogP contribution in [0.4, 0.5) is 11.5 Å². The summed E-state index contributed by atoms with van der Waals surface area (Å²) in [7, 11) is -3.78. The van der Waals surface area contributed by atoms with Gasteiger partial charge < -0.3 is 10.2 Å². The molecule has 2 heterocycles. The second-order valence-electron chi connectivity index (χ2n) is 6.84. The van der Waals surface area contributed by atoms with Crippen molar-refractivity contribution in [3.63, 3.8) is 0 Å². The number of nitrogens with zero attached hydrogens (tertiary/aromatic N) is 2. The summed E-state index contributed by atoms with van der Waals surface area (Å²) < 4.78 is 26.7. The number of hydrogen-bond donors (Lipinski definition) is 1. The molecule has 0 radical (unpaired) electrons. The van der Waals surface area contributed by atoms with Crippen LogP contribution >= 0.6 is 15.9 Å². The van der Waals surface area contributed by atoms with Crippen LogP contribution in [0.5, 0.6) is 0 Å². The first-order valence-electron chi connectivity index (χ1n) is 9.30. The minimum atomic E-state index is -3.78. The lowest BCUT2D eigenvalue weighted by atomic mass is 10.2. The Hall–Kier alpha value is -2.26. The number of rotatable bonds is 6. The van der Waals surface area contributed by atoms with Gasteiger partial charge in [0.15, 0.2) is 9.84 Å². The Labute approximate surface area is 178 Å². The zero-order valence-corrected chi connectivity index (χ0v) is 18.6. The second kappa shape index (κ2) is 8.62. The molecule has 154 valence electrons. The van der Waals surface area contributed by atoms with E-state index in [4.69, 9.17) is 0 Å². The molecule has 2 aromatic rings. The van der Waals surface area contributed by atoms with Crippen molar-refractivity contribution < 1.29 is 18.0 Å². The van der Waals surface area contributed by atoms with E-state index in [9.17, 15) is 18.0 Å². The minimum absolute atomic E-state index is 0.0858. The van der Waals surface area contributed by atoms with E-state index in [1.807, 2.05) is 6.07 Å². The SMILES string of the molecule is CCC(=O)N1CCc2cc(Br)cc(S(=O)(=O)CCC(=O)Nc3cccc(C)n3)c21. The number of halogens is 1. The molecule has 0 saturated carbocycles. The highest BCUT2D eigenvalue weighted by molar-refractivity contribution is 9.10. The third-order valence-corrected chi connectivity index (χ3v) is 6.87. The summed E-state index contributed by atoms with van der Waals surface area (Å²) in [4.78, 5) is 30.3. The molecule has 0 aliphatic carbocycles. The van der Waals surface area contributed by atoms with Crippen molar-refractivity contribution in [3.05, 3.63) is 46.1 Å². The van der Waals surface area contributed by atoms with Crippen LogP contribution < -0.4 is 10.2 Å². The Morgan fingerprint density at radius 3 is 2.72 bits per heavy atom. The fraction of sp³-hybridized carbons (Fsp3) is 0.350. The maximum Gasteiger partial charge on any atom is 0.226 e. The van der Waals surface area contributed by atoms with Crippen molar-refractivity contribution >= 4 is 49.1 Å². The standard InChI is InChI=1S/C20H22BrN3O4S/c1-3-19(26)24-9-7-14-11-15(21)12-16(20(14)24)29(27,28)10-8-18(25)23-17-6-4-5-13(2)22-17/h4-6,11-12H,3,7-10H2,1-2H3,(H,22,23,25). The highest BCUT2D eigenvalue weighted by Gasteiger charge is 2.32. The van der Waals surface area contributed by atoms with Gasteiger partial charge in [-0.2, -0.15) is 0 Å². The molecule has 0 spiro atoms. The summed E-state index contributed by atoms with van der Waals surface area (Å²) in [6.07, 6.45) is 0.685. The lowest BCUT2D eigenvalue weighted by molar-refractivity contribution is -0.118. The number of carbonyl (C=O) groups excluding carboxylic acids is 2. The van der Waals surface area contributed by atoms with Crippen LogP contribution in [-0.2, 0) is 25.8 Å². The fourth-order valence-corrected chi connectivity index (χ4v) is 5.47. The van der Waals surface area contributed by atoms with E-state index in [0.717, 1.165) is 11.3 Å². The van der Waals surface area contributed by atoms with Gasteiger partial charge in [0, 0.05) is 29.6 Å². The summed E-state index contributed by atoms with van der Waals surface area (Å²) in [5.41, 5.74) is 2.01.